The molecule has 1 saturated heterocycles. The fourth-order valence-corrected chi connectivity index (χ4v) is 2.75. The lowest BCUT2D eigenvalue weighted by atomic mass is 9.90. The summed E-state index contributed by atoms with van der Waals surface area (Å²) < 4.78 is 12.8. The van der Waals surface area contributed by atoms with Gasteiger partial charge in [-0.25, -0.2) is 0 Å². The van der Waals surface area contributed by atoms with Crippen LogP contribution in [0.1, 0.15) is 24.8 Å². The summed E-state index contributed by atoms with van der Waals surface area (Å²) in [5.74, 6) is -0.426. The lowest BCUT2D eigenvalue weighted by Gasteiger charge is -2.30. The van der Waals surface area contributed by atoms with E-state index in [9.17, 15) is 4.79 Å². The zero-order valence-electron chi connectivity index (χ0n) is 11.2. The Morgan fingerprint density at radius 3 is 2.80 bits per heavy atom. The molecule has 3 rings (SSSR count). The van der Waals surface area contributed by atoms with E-state index in [1.807, 2.05) is 12.1 Å². The van der Waals surface area contributed by atoms with Crippen molar-refractivity contribution in [2.24, 2.45) is 0 Å². The van der Waals surface area contributed by atoms with Crippen molar-refractivity contribution in [3.8, 4) is 6.07 Å². The quantitative estimate of drug-likeness (QED) is 0.821. The Labute approximate surface area is 117 Å². The summed E-state index contributed by atoms with van der Waals surface area (Å²) >= 11 is 0. The number of ether oxygens (including phenoxy) is 2. The van der Waals surface area contributed by atoms with Crippen molar-refractivity contribution in [3.63, 3.8) is 0 Å². The number of allylic oxidation sites excluding steroid dienone is 1. The van der Waals surface area contributed by atoms with Crippen LogP contribution >= 0.6 is 0 Å². The molecule has 0 aromatic carbocycles. The molecule has 1 aromatic rings. The highest BCUT2D eigenvalue weighted by molar-refractivity contribution is 5.65. The topological polar surface area (TPSA) is 64.2 Å². The molecule has 2 aliphatic rings. The van der Waals surface area contributed by atoms with Gasteiger partial charge in [0.1, 0.15) is 6.54 Å². The molecule has 1 fully saturated rings. The summed E-state index contributed by atoms with van der Waals surface area (Å²) in [7, 11) is 0. The molecule has 0 N–H and O–H groups in total. The van der Waals surface area contributed by atoms with E-state index in [-0.39, 0.29) is 12.1 Å². The molecule has 5 heteroatoms. The van der Waals surface area contributed by atoms with E-state index in [1.54, 1.807) is 6.20 Å². The molecule has 0 radical (unpaired) electrons. The van der Waals surface area contributed by atoms with E-state index in [4.69, 9.17) is 14.7 Å². The molecule has 0 amide bonds. The summed E-state index contributed by atoms with van der Waals surface area (Å²) in [6.45, 7) is 1.41. The van der Waals surface area contributed by atoms with Crippen LogP contribution < -0.4 is 5.56 Å². The van der Waals surface area contributed by atoms with E-state index in [0.717, 1.165) is 24.8 Å². The smallest absolute Gasteiger partial charge is 0.251 e. The van der Waals surface area contributed by atoms with Gasteiger partial charge < -0.3 is 14.0 Å². The number of nitrogens with zero attached hydrogens (tertiary/aromatic N) is 2. The Kier molecular flexibility index (Phi) is 3.43. The van der Waals surface area contributed by atoms with Crippen molar-refractivity contribution < 1.29 is 9.47 Å². The Morgan fingerprint density at radius 2 is 2.15 bits per heavy atom. The van der Waals surface area contributed by atoms with Crippen molar-refractivity contribution >= 4 is 5.57 Å². The normalized spacial score (nSPS) is 20.6. The van der Waals surface area contributed by atoms with Crippen LogP contribution in [0.3, 0.4) is 0 Å². The third kappa shape index (κ3) is 2.40. The highest BCUT2D eigenvalue weighted by Gasteiger charge is 2.37. The monoisotopic (exact) mass is 272 g/mol. The first-order chi connectivity index (χ1) is 9.72. The van der Waals surface area contributed by atoms with Gasteiger partial charge in [0, 0.05) is 25.1 Å². The second kappa shape index (κ2) is 5.23. The van der Waals surface area contributed by atoms with Crippen molar-refractivity contribution in [1.29, 1.82) is 5.26 Å². The lowest BCUT2D eigenvalue weighted by molar-refractivity contribution is -0.159. The zero-order valence-corrected chi connectivity index (χ0v) is 11.2. The Hall–Kier alpha value is -1.90. The van der Waals surface area contributed by atoms with Gasteiger partial charge in [-0.05, 0) is 23.6 Å². The molecule has 2 heterocycles. The van der Waals surface area contributed by atoms with E-state index in [0.29, 0.717) is 13.2 Å². The minimum atomic E-state index is -0.426. The molecule has 0 saturated carbocycles. The summed E-state index contributed by atoms with van der Waals surface area (Å²) in [6.07, 6.45) is 6.29. The fourth-order valence-electron chi connectivity index (χ4n) is 2.75. The van der Waals surface area contributed by atoms with Gasteiger partial charge in [-0.1, -0.05) is 6.08 Å². The van der Waals surface area contributed by atoms with Crippen molar-refractivity contribution in [3.05, 3.63) is 40.3 Å². The van der Waals surface area contributed by atoms with Crippen molar-refractivity contribution in [1.82, 2.24) is 4.57 Å². The maximum absolute atomic E-state index is 11.6. The van der Waals surface area contributed by atoms with E-state index in [1.165, 1.54) is 16.2 Å². The van der Waals surface area contributed by atoms with Gasteiger partial charge in [0.25, 0.3) is 5.56 Å². The molecule has 20 heavy (non-hydrogen) atoms. The van der Waals surface area contributed by atoms with Crippen LogP contribution in [-0.4, -0.2) is 23.6 Å². The number of pyridine rings is 1. The predicted molar refractivity (Wildman–Crippen MR) is 72.8 cm³/mol. The highest BCUT2D eigenvalue weighted by Crippen LogP contribution is 2.37. The molecule has 1 spiro atoms. The van der Waals surface area contributed by atoms with Crippen LogP contribution in [0.25, 0.3) is 5.57 Å². The average molecular weight is 272 g/mol. The van der Waals surface area contributed by atoms with Gasteiger partial charge >= 0.3 is 0 Å². The largest absolute Gasteiger partial charge is 0.347 e. The van der Waals surface area contributed by atoms with E-state index < -0.39 is 5.79 Å². The maximum Gasteiger partial charge on any atom is 0.251 e. The second-order valence-electron chi connectivity index (χ2n) is 5.08. The van der Waals surface area contributed by atoms with E-state index in [2.05, 4.69) is 6.08 Å². The Balaban J connectivity index is 1.84. The predicted octanol–water partition coefficient (Wildman–Crippen LogP) is 1.68. The molecule has 1 aliphatic carbocycles. The minimum Gasteiger partial charge on any atom is -0.347 e. The number of hydrogen-bond acceptors (Lipinski definition) is 4. The van der Waals surface area contributed by atoms with Crippen LogP contribution in [0.5, 0.6) is 0 Å². The Bertz CT molecular complexity index is 633. The molecule has 0 unspecified atom stereocenters. The van der Waals surface area contributed by atoms with Gasteiger partial charge in [-0.15, -0.1) is 0 Å². The summed E-state index contributed by atoms with van der Waals surface area (Å²) in [5.41, 5.74) is 2.03. The molecular weight excluding hydrogens is 256 g/mol. The number of aromatic nitrogens is 1. The second-order valence-corrected chi connectivity index (χ2v) is 5.08. The molecule has 1 aromatic heterocycles. The standard InChI is InChI=1S/C15H16N2O3/c16-7-8-17-11-13(1-2-14(17)18)12-3-5-15(6-4-12)19-9-10-20-15/h1-3,11H,4-6,8-10H2. The first kappa shape index (κ1) is 13.1. The van der Waals surface area contributed by atoms with Gasteiger partial charge in [0.15, 0.2) is 5.79 Å². The molecule has 1 aliphatic heterocycles. The third-order valence-corrected chi connectivity index (χ3v) is 3.84. The van der Waals surface area contributed by atoms with E-state index >= 15 is 0 Å². The van der Waals surface area contributed by atoms with Gasteiger partial charge in [-0.3, -0.25) is 4.79 Å². The first-order valence-corrected chi connectivity index (χ1v) is 6.77. The van der Waals surface area contributed by atoms with Gasteiger partial charge in [0.05, 0.1) is 19.3 Å². The Morgan fingerprint density at radius 1 is 1.35 bits per heavy atom. The van der Waals surface area contributed by atoms with Crippen molar-refractivity contribution in [2.75, 3.05) is 13.2 Å². The number of nitriles is 1. The van der Waals surface area contributed by atoms with Crippen LogP contribution in [-0.2, 0) is 16.0 Å². The number of hydrogen-bond donors (Lipinski definition) is 0. The highest BCUT2D eigenvalue weighted by atomic mass is 16.7. The average Bonchev–Trinajstić information content (AvgIpc) is 2.91. The van der Waals surface area contributed by atoms with Crippen LogP contribution in [0.4, 0.5) is 0 Å². The number of rotatable bonds is 2. The summed E-state index contributed by atoms with van der Waals surface area (Å²) in [5, 5.41) is 8.73. The SMILES string of the molecule is N#CCn1cc(C2=CCC3(CC2)OCCO3)ccc1=O. The van der Waals surface area contributed by atoms with Crippen LogP contribution in [0.15, 0.2) is 29.2 Å². The molecule has 104 valence electrons. The molecule has 5 nitrogen and oxygen atoms in total. The van der Waals surface area contributed by atoms with Crippen molar-refractivity contribution in [2.45, 2.75) is 31.6 Å². The maximum atomic E-state index is 11.6. The summed E-state index contributed by atoms with van der Waals surface area (Å²) in [4.78, 5) is 11.6. The van der Waals surface area contributed by atoms with Gasteiger partial charge in [-0.2, -0.15) is 5.26 Å². The minimum absolute atomic E-state index is 0.0795. The molecule has 0 bridgehead atoms. The lowest BCUT2D eigenvalue weighted by Crippen LogP contribution is -2.31. The van der Waals surface area contributed by atoms with Crippen LogP contribution in [0, 0.1) is 11.3 Å². The van der Waals surface area contributed by atoms with Gasteiger partial charge in [0.2, 0.25) is 0 Å². The zero-order chi connectivity index (χ0) is 14.0. The first-order valence-electron chi connectivity index (χ1n) is 6.77. The third-order valence-electron chi connectivity index (χ3n) is 3.84. The fraction of sp³-hybridized carbons (Fsp3) is 0.467. The summed E-state index contributed by atoms with van der Waals surface area (Å²) in [6, 6.07) is 5.33. The molecular formula is C15H16N2O3. The van der Waals surface area contributed by atoms with Crippen LogP contribution in [0.2, 0.25) is 0 Å². The molecule has 0 atom stereocenters.